The van der Waals surface area contributed by atoms with E-state index in [1.165, 1.54) is 37.0 Å². The number of ether oxygens (including phenoxy) is 3. The van der Waals surface area contributed by atoms with Gasteiger partial charge in [0.2, 0.25) is 0 Å². The minimum absolute atomic E-state index is 0.108. The molecule has 3 aromatic rings. The summed E-state index contributed by atoms with van der Waals surface area (Å²) in [7, 11) is 1.69. The largest absolute Gasteiger partial charge is 0.497 e. The molecule has 34 heavy (non-hydrogen) atoms. The van der Waals surface area contributed by atoms with Crippen molar-refractivity contribution >= 4 is 27.2 Å². The Hall–Kier alpha value is -2.41. The molecule has 0 bridgehead atoms. The van der Waals surface area contributed by atoms with Crippen LogP contribution in [0.4, 0.5) is 0 Å². The zero-order valence-electron chi connectivity index (χ0n) is 19.9. The van der Waals surface area contributed by atoms with E-state index in [1.54, 1.807) is 18.4 Å². The van der Waals surface area contributed by atoms with Crippen molar-refractivity contribution in [2.45, 2.75) is 38.0 Å². The van der Waals surface area contributed by atoms with Gasteiger partial charge in [-0.2, -0.15) is 0 Å². The van der Waals surface area contributed by atoms with E-state index < -0.39 is 0 Å². The molecule has 0 N–H and O–H groups in total. The van der Waals surface area contributed by atoms with Crippen LogP contribution in [0.1, 0.15) is 58.8 Å². The van der Waals surface area contributed by atoms with Crippen LogP contribution < -0.4 is 9.47 Å². The maximum absolute atomic E-state index is 13.8. The monoisotopic (exact) mass is 479 g/mol. The molecule has 5 rings (SSSR count). The molecule has 1 aliphatic heterocycles. The number of hydrogen-bond donors (Lipinski definition) is 0. The maximum atomic E-state index is 13.8. The Labute approximate surface area is 205 Å². The summed E-state index contributed by atoms with van der Waals surface area (Å²) in [6, 6.07) is 13.7. The highest BCUT2D eigenvalue weighted by Crippen LogP contribution is 2.44. The molecule has 1 saturated carbocycles. The van der Waals surface area contributed by atoms with E-state index in [2.05, 4.69) is 11.0 Å². The molecule has 0 atom stereocenters. The second kappa shape index (κ2) is 10.9. The van der Waals surface area contributed by atoms with Crippen molar-refractivity contribution in [1.29, 1.82) is 0 Å². The molecule has 5 nitrogen and oxygen atoms in total. The number of ketones is 1. The Balaban J connectivity index is 1.35. The number of carbonyl (C=O) groups is 1. The van der Waals surface area contributed by atoms with Crippen LogP contribution in [0.3, 0.4) is 0 Å². The number of methoxy groups -OCH3 is 1. The van der Waals surface area contributed by atoms with Gasteiger partial charge in [0.1, 0.15) is 18.1 Å². The van der Waals surface area contributed by atoms with Crippen LogP contribution in [0.5, 0.6) is 11.5 Å². The number of morpholine rings is 1. The van der Waals surface area contributed by atoms with E-state index in [4.69, 9.17) is 14.2 Å². The molecule has 2 heterocycles. The maximum Gasteiger partial charge on any atom is 0.194 e. The fraction of sp³-hybridized carbons (Fsp3) is 0.464. The summed E-state index contributed by atoms with van der Waals surface area (Å²) < 4.78 is 17.9. The Bertz CT molecular complexity index is 1110. The molecule has 0 amide bonds. The summed E-state index contributed by atoms with van der Waals surface area (Å²) in [6.45, 7) is 5.03. The molecule has 1 aromatic heterocycles. The van der Waals surface area contributed by atoms with Crippen molar-refractivity contribution in [3.63, 3.8) is 0 Å². The minimum atomic E-state index is 0.108. The lowest BCUT2D eigenvalue weighted by atomic mass is 9.85. The predicted molar refractivity (Wildman–Crippen MR) is 137 cm³/mol. The number of thiophene rings is 1. The predicted octanol–water partition coefficient (Wildman–Crippen LogP) is 5.90. The zero-order chi connectivity index (χ0) is 23.3. The van der Waals surface area contributed by atoms with Crippen molar-refractivity contribution in [2.75, 3.05) is 46.6 Å². The summed E-state index contributed by atoms with van der Waals surface area (Å²) in [5.41, 5.74) is 1.60. The Kier molecular flexibility index (Phi) is 7.48. The average molecular weight is 480 g/mol. The van der Waals surface area contributed by atoms with E-state index in [-0.39, 0.29) is 5.78 Å². The molecule has 0 spiro atoms. The molecule has 2 aliphatic rings. The van der Waals surface area contributed by atoms with Gasteiger partial charge < -0.3 is 14.2 Å². The first kappa shape index (κ1) is 23.3. The summed E-state index contributed by atoms with van der Waals surface area (Å²) in [5, 5.41) is 1.04. The molecule has 2 fully saturated rings. The Morgan fingerprint density at radius 1 is 1.03 bits per heavy atom. The lowest BCUT2D eigenvalue weighted by Crippen LogP contribution is -2.38. The summed E-state index contributed by atoms with van der Waals surface area (Å²) >= 11 is 1.77. The highest BCUT2D eigenvalue weighted by Gasteiger charge is 2.27. The number of carbonyl (C=O) groups excluding carboxylic acids is 1. The Morgan fingerprint density at radius 2 is 1.76 bits per heavy atom. The van der Waals surface area contributed by atoms with Crippen LogP contribution in [0.15, 0.2) is 42.5 Å². The van der Waals surface area contributed by atoms with E-state index in [1.807, 2.05) is 36.4 Å². The molecular formula is C28H33NO4S. The van der Waals surface area contributed by atoms with Crippen LogP contribution in [-0.2, 0) is 4.74 Å². The van der Waals surface area contributed by atoms with Gasteiger partial charge in [-0.25, -0.2) is 0 Å². The van der Waals surface area contributed by atoms with Crippen molar-refractivity contribution in [3.8, 4) is 11.5 Å². The van der Waals surface area contributed by atoms with Crippen LogP contribution in [-0.4, -0.2) is 57.2 Å². The molecule has 1 aliphatic carbocycles. The second-order valence-corrected chi connectivity index (χ2v) is 10.3. The van der Waals surface area contributed by atoms with Crippen molar-refractivity contribution in [3.05, 3.63) is 58.5 Å². The molecule has 2 aromatic carbocycles. The smallest absolute Gasteiger partial charge is 0.194 e. The summed E-state index contributed by atoms with van der Waals surface area (Å²) in [5.74, 6) is 2.22. The highest BCUT2D eigenvalue weighted by molar-refractivity contribution is 7.19. The first-order valence-corrected chi connectivity index (χ1v) is 13.2. The molecule has 0 radical (unpaired) electrons. The Morgan fingerprint density at radius 3 is 2.50 bits per heavy atom. The van der Waals surface area contributed by atoms with Crippen LogP contribution >= 0.6 is 11.3 Å². The summed E-state index contributed by atoms with van der Waals surface area (Å²) in [6.07, 6.45) is 6.12. The molecular weight excluding hydrogens is 446 g/mol. The molecule has 180 valence electrons. The SMILES string of the molecule is COc1ccc2c(C(=O)c3ccc(OCCN4CCOCC4)cc3)c(C3CCCCC3)sc2c1. The third kappa shape index (κ3) is 5.14. The highest BCUT2D eigenvalue weighted by atomic mass is 32.1. The topological polar surface area (TPSA) is 48.0 Å². The van der Waals surface area contributed by atoms with Crippen LogP contribution in [0.25, 0.3) is 10.1 Å². The van der Waals surface area contributed by atoms with Gasteiger partial charge in [-0.05, 0) is 61.2 Å². The van der Waals surface area contributed by atoms with Gasteiger partial charge in [0.25, 0.3) is 0 Å². The van der Waals surface area contributed by atoms with E-state index in [0.29, 0.717) is 18.1 Å². The van der Waals surface area contributed by atoms with Crippen molar-refractivity contribution < 1.29 is 19.0 Å². The first-order chi connectivity index (χ1) is 16.7. The number of fused-ring (bicyclic) bond motifs is 1. The third-order valence-corrected chi connectivity index (χ3v) is 8.34. The van der Waals surface area contributed by atoms with Crippen LogP contribution in [0, 0.1) is 0 Å². The summed E-state index contributed by atoms with van der Waals surface area (Å²) in [4.78, 5) is 17.4. The normalized spacial score (nSPS) is 17.7. The van der Waals surface area contributed by atoms with Crippen molar-refractivity contribution in [1.82, 2.24) is 4.90 Å². The fourth-order valence-corrected chi connectivity index (χ4v) is 6.47. The lowest BCUT2D eigenvalue weighted by Gasteiger charge is -2.26. The van der Waals surface area contributed by atoms with Gasteiger partial charge in [0.15, 0.2) is 5.78 Å². The average Bonchev–Trinajstić information content (AvgIpc) is 3.28. The van der Waals surface area contributed by atoms with Gasteiger partial charge >= 0.3 is 0 Å². The number of nitrogens with zero attached hydrogens (tertiary/aromatic N) is 1. The van der Waals surface area contributed by atoms with Gasteiger partial charge in [0.05, 0.1) is 20.3 Å². The number of rotatable bonds is 8. The van der Waals surface area contributed by atoms with E-state index in [0.717, 1.165) is 60.0 Å². The van der Waals surface area contributed by atoms with E-state index >= 15 is 0 Å². The minimum Gasteiger partial charge on any atom is -0.497 e. The standard InChI is InChI=1S/C28H33NO4S/c1-31-23-11-12-24-25(19-23)34-28(21-5-3-2-4-6-21)26(24)27(30)20-7-9-22(10-8-20)33-18-15-29-13-16-32-17-14-29/h7-12,19,21H,2-6,13-18H2,1H3. The number of benzene rings is 2. The van der Waals surface area contributed by atoms with Gasteiger partial charge in [-0.1, -0.05) is 19.3 Å². The third-order valence-electron chi connectivity index (χ3n) is 7.02. The van der Waals surface area contributed by atoms with Gasteiger partial charge in [-0.3, -0.25) is 9.69 Å². The molecule has 6 heteroatoms. The fourth-order valence-electron chi connectivity index (χ4n) is 5.07. The van der Waals surface area contributed by atoms with E-state index in [9.17, 15) is 4.79 Å². The van der Waals surface area contributed by atoms with Gasteiger partial charge in [-0.15, -0.1) is 11.3 Å². The number of hydrogen-bond acceptors (Lipinski definition) is 6. The first-order valence-electron chi connectivity index (χ1n) is 12.4. The molecule has 0 unspecified atom stereocenters. The molecule has 1 saturated heterocycles. The lowest BCUT2D eigenvalue weighted by molar-refractivity contribution is 0.0322. The second-order valence-electron chi connectivity index (χ2n) is 9.19. The quantitative estimate of drug-likeness (QED) is 0.377. The van der Waals surface area contributed by atoms with Gasteiger partial charge in [0, 0.05) is 45.7 Å². The zero-order valence-corrected chi connectivity index (χ0v) is 20.7. The van der Waals surface area contributed by atoms with Crippen LogP contribution in [0.2, 0.25) is 0 Å². The van der Waals surface area contributed by atoms with Crippen molar-refractivity contribution in [2.24, 2.45) is 0 Å².